The number of nitrogens with zero attached hydrogens (tertiary/aromatic N) is 1. The van der Waals surface area contributed by atoms with Gasteiger partial charge in [0, 0.05) is 19.1 Å². The number of nitrogens with two attached hydrogens (primary N) is 1. The van der Waals surface area contributed by atoms with E-state index in [9.17, 15) is 0 Å². The molecule has 1 heterocycles. The van der Waals surface area contributed by atoms with E-state index in [0.29, 0.717) is 6.04 Å². The largest absolute Gasteiger partial charge is 0.330 e. The Morgan fingerprint density at radius 2 is 2.00 bits per heavy atom. The zero-order chi connectivity index (χ0) is 13.5. The highest BCUT2D eigenvalue weighted by Crippen LogP contribution is 2.24. The minimum Gasteiger partial charge on any atom is -0.330 e. The standard InChI is InChI=1S/C16H22N2S/c1-14(16-8-11-19-13-16)18(10-5-9-17)12-15-6-3-2-4-7-15/h2-4,6-8,11,13-14H,5,9-10,12,17H2,1H3. The fourth-order valence-electron chi connectivity index (χ4n) is 2.25. The maximum Gasteiger partial charge on any atom is 0.0331 e. The van der Waals surface area contributed by atoms with E-state index in [0.717, 1.165) is 26.1 Å². The molecule has 0 saturated carbocycles. The van der Waals surface area contributed by atoms with Crippen LogP contribution in [-0.4, -0.2) is 18.0 Å². The van der Waals surface area contributed by atoms with Gasteiger partial charge in [0.15, 0.2) is 0 Å². The van der Waals surface area contributed by atoms with Crippen LogP contribution < -0.4 is 5.73 Å². The SMILES string of the molecule is CC(c1ccsc1)N(CCCN)Cc1ccccc1. The Balaban J connectivity index is 2.07. The highest BCUT2D eigenvalue weighted by Gasteiger charge is 2.15. The van der Waals surface area contributed by atoms with E-state index in [1.165, 1.54) is 11.1 Å². The molecule has 0 saturated heterocycles. The molecule has 0 fully saturated rings. The van der Waals surface area contributed by atoms with Gasteiger partial charge in [-0.1, -0.05) is 30.3 Å². The van der Waals surface area contributed by atoms with Crippen LogP contribution in [-0.2, 0) is 6.54 Å². The van der Waals surface area contributed by atoms with Crippen LogP contribution in [0.15, 0.2) is 47.2 Å². The van der Waals surface area contributed by atoms with E-state index in [1.807, 2.05) is 0 Å². The molecule has 0 amide bonds. The third kappa shape index (κ3) is 4.16. The summed E-state index contributed by atoms with van der Waals surface area (Å²) >= 11 is 1.76. The zero-order valence-electron chi connectivity index (χ0n) is 11.5. The minimum absolute atomic E-state index is 0.443. The first-order valence-corrected chi connectivity index (χ1v) is 7.75. The molecule has 102 valence electrons. The van der Waals surface area contributed by atoms with E-state index in [-0.39, 0.29) is 0 Å². The monoisotopic (exact) mass is 274 g/mol. The predicted molar refractivity (Wildman–Crippen MR) is 83.3 cm³/mol. The van der Waals surface area contributed by atoms with Gasteiger partial charge in [-0.05, 0) is 47.8 Å². The number of benzene rings is 1. The van der Waals surface area contributed by atoms with Gasteiger partial charge in [0.25, 0.3) is 0 Å². The first kappa shape index (κ1) is 14.3. The van der Waals surface area contributed by atoms with Gasteiger partial charge < -0.3 is 5.73 Å². The quantitative estimate of drug-likeness (QED) is 0.835. The Hall–Kier alpha value is -1.16. The summed E-state index contributed by atoms with van der Waals surface area (Å²) in [6.07, 6.45) is 1.04. The van der Waals surface area contributed by atoms with Crippen LogP contribution >= 0.6 is 11.3 Å². The Bertz CT molecular complexity index is 453. The second-order valence-corrected chi connectivity index (χ2v) is 5.61. The van der Waals surface area contributed by atoms with E-state index >= 15 is 0 Å². The first-order valence-electron chi connectivity index (χ1n) is 6.81. The summed E-state index contributed by atoms with van der Waals surface area (Å²) < 4.78 is 0. The molecule has 0 aliphatic rings. The van der Waals surface area contributed by atoms with Crippen molar-refractivity contribution in [2.24, 2.45) is 5.73 Å². The lowest BCUT2D eigenvalue weighted by Gasteiger charge is -2.28. The second-order valence-electron chi connectivity index (χ2n) is 4.83. The summed E-state index contributed by atoms with van der Waals surface area (Å²) in [5.74, 6) is 0. The first-order chi connectivity index (χ1) is 9.31. The highest BCUT2D eigenvalue weighted by atomic mass is 32.1. The van der Waals surface area contributed by atoms with Crippen LogP contribution in [0.5, 0.6) is 0 Å². The Labute approximate surface area is 119 Å². The molecular weight excluding hydrogens is 252 g/mol. The molecule has 2 aromatic rings. The molecule has 1 aromatic carbocycles. The summed E-state index contributed by atoms with van der Waals surface area (Å²) in [7, 11) is 0. The van der Waals surface area contributed by atoms with E-state index in [1.54, 1.807) is 11.3 Å². The van der Waals surface area contributed by atoms with Gasteiger partial charge in [0.05, 0.1) is 0 Å². The van der Waals surface area contributed by atoms with Crippen LogP contribution in [0.4, 0.5) is 0 Å². The molecule has 1 atom stereocenters. The number of hydrogen-bond donors (Lipinski definition) is 1. The lowest BCUT2D eigenvalue weighted by atomic mass is 10.1. The second kappa shape index (κ2) is 7.43. The molecule has 1 aromatic heterocycles. The Morgan fingerprint density at radius 3 is 2.63 bits per heavy atom. The average molecular weight is 274 g/mol. The summed E-state index contributed by atoms with van der Waals surface area (Å²) in [5.41, 5.74) is 8.43. The number of thiophene rings is 1. The van der Waals surface area contributed by atoms with Gasteiger partial charge in [-0.3, -0.25) is 4.90 Å². The molecule has 0 aliphatic heterocycles. The zero-order valence-corrected chi connectivity index (χ0v) is 12.3. The van der Waals surface area contributed by atoms with E-state index in [2.05, 4.69) is 59.0 Å². The maximum atomic E-state index is 5.66. The van der Waals surface area contributed by atoms with Crippen molar-refractivity contribution in [3.8, 4) is 0 Å². The van der Waals surface area contributed by atoms with Crippen LogP contribution in [0.3, 0.4) is 0 Å². The van der Waals surface area contributed by atoms with E-state index < -0.39 is 0 Å². The molecule has 19 heavy (non-hydrogen) atoms. The van der Waals surface area contributed by atoms with Crippen LogP contribution in [0.1, 0.15) is 30.5 Å². The normalized spacial score (nSPS) is 12.8. The fraction of sp³-hybridized carbons (Fsp3) is 0.375. The summed E-state index contributed by atoms with van der Waals surface area (Å²) in [5, 5.41) is 4.39. The van der Waals surface area contributed by atoms with Gasteiger partial charge in [-0.25, -0.2) is 0 Å². The molecule has 0 aliphatic carbocycles. The highest BCUT2D eigenvalue weighted by molar-refractivity contribution is 7.07. The molecule has 3 heteroatoms. The third-order valence-corrected chi connectivity index (χ3v) is 4.15. The minimum atomic E-state index is 0.443. The molecule has 0 spiro atoms. The number of hydrogen-bond acceptors (Lipinski definition) is 3. The van der Waals surface area contributed by atoms with Crippen molar-refractivity contribution in [2.45, 2.75) is 25.9 Å². The van der Waals surface area contributed by atoms with Crippen molar-refractivity contribution in [1.82, 2.24) is 4.90 Å². The van der Waals surface area contributed by atoms with Crippen molar-refractivity contribution < 1.29 is 0 Å². The lowest BCUT2D eigenvalue weighted by Crippen LogP contribution is -2.28. The van der Waals surface area contributed by atoms with Crippen molar-refractivity contribution in [1.29, 1.82) is 0 Å². The molecule has 2 rings (SSSR count). The van der Waals surface area contributed by atoms with E-state index in [4.69, 9.17) is 5.73 Å². The van der Waals surface area contributed by atoms with Crippen LogP contribution in [0.2, 0.25) is 0 Å². The molecule has 0 bridgehead atoms. The molecular formula is C16H22N2S. The molecule has 0 radical (unpaired) electrons. The van der Waals surface area contributed by atoms with Crippen molar-refractivity contribution in [2.75, 3.05) is 13.1 Å². The van der Waals surface area contributed by atoms with Gasteiger partial charge in [-0.15, -0.1) is 0 Å². The summed E-state index contributed by atoms with van der Waals surface area (Å²) in [6, 6.07) is 13.3. The van der Waals surface area contributed by atoms with Crippen molar-refractivity contribution in [3.05, 3.63) is 58.3 Å². The van der Waals surface area contributed by atoms with Gasteiger partial charge in [0.1, 0.15) is 0 Å². The van der Waals surface area contributed by atoms with Gasteiger partial charge in [-0.2, -0.15) is 11.3 Å². The maximum absolute atomic E-state index is 5.66. The van der Waals surface area contributed by atoms with Crippen molar-refractivity contribution in [3.63, 3.8) is 0 Å². The smallest absolute Gasteiger partial charge is 0.0331 e. The third-order valence-electron chi connectivity index (χ3n) is 3.45. The Morgan fingerprint density at radius 1 is 1.21 bits per heavy atom. The summed E-state index contributed by atoms with van der Waals surface area (Å²) in [4.78, 5) is 2.50. The van der Waals surface area contributed by atoms with Crippen LogP contribution in [0.25, 0.3) is 0 Å². The van der Waals surface area contributed by atoms with Gasteiger partial charge >= 0.3 is 0 Å². The summed E-state index contributed by atoms with van der Waals surface area (Å²) in [6.45, 7) is 5.06. The van der Waals surface area contributed by atoms with Gasteiger partial charge in [0.2, 0.25) is 0 Å². The van der Waals surface area contributed by atoms with Crippen LogP contribution in [0, 0.1) is 0 Å². The molecule has 2 nitrogen and oxygen atoms in total. The molecule has 2 N–H and O–H groups in total. The fourth-order valence-corrected chi connectivity index (χ4v) is 2.99. The predicted octanol–water partition coefficient (Wildman–Crippen LogP) is 3.66. The topological polar surface area (TPSA) is 29.3 Å². The lowest BCUT2D eigenvalue weighted by molar-refractivity contribution is 0.200. The average Bonchev–Trinajstić information content (AvgIpc) is 2.98. The Kier molecular flexibility index (Phi) is 5.58. The van der Waals surface area contributed by atoms with Crippen molar-refractivity contribution >= 4 is 11.3 Å². The number of rotatable bonds is 7. The molecule has 1 unspecified atom stereocenters.